The van der Waals surface area contributed by atoms with Crippen LogP contribution < -0.4 is 4.90 Å². The Morgan fingerprint density at radius 1 is 0.870 bits per heavy atom. The molecular weight excluding hydrogens is 284 g/mol. The molecule has 0 amide bonds. The van der Waals surface area contributed by atoms with Crippen molar-refractivity contribution in [3.63, 3.8) is 0 Å². The van der Waals surface area contributed by atoms with Crippen LogP contribution in [0.15, 0.2) is 72.8 Å². The van der Waals surface area contributed by atoms with Gasteiger partial charge in [0.2, 0.25) is 0 Å². The van der Waals surface area contributed by atoms with E-state index >= 15 is 0 Å². The van der Waals surface area contributed by atoms with Gasteiger partial charge in [0, 0.05) is 24.0 Å². The maximum absolute atomic E-state index is 10.6. The van der Waals surface area contributed by atoms with Gasteiger partial charge in [0.1, 0.15) is 11.9 Å². The van der Waals surface area contributed by atoms with E-state index in [1.807, 2.05) is 91.7 Å². The van der Waals surface area contributed by atoms with E-state index in [4.69, 9.17) is 0 Å². The van der Waals surface area contributed by atoms with Gasteiger partial charge in [0.05, 0.1) is 0 Å². The summed E-state index contributed by atoms with van der Waals surface area (Å²) in [6.07, 6.45) is -0.653. The maximum Gasteiger partial charge on any atom is 0.132 e. The normalized spacial score (nSPS) is 12.0. The molecule has 3 rings (SSSR count). The van der Waals surface area contributed by atoms with E-state index < -0.39 is 6.10 Å². The molecule has 0 saturated heterocycles. The maximum atomic E-state index is 10.6. The van der Waals surface area contributed by atoms with Gasteiger partial charge in [0.15, 0.2) is 0 Å². The van der Waals surface area contributed by atoms with Crippen molar-refractivity contribution >= 4 is 11.5 Å². The molecule has 0 radical (unpaired) electrons. The summed E-state index contributed by atoms with van der Waals surface area (Å²) in [5, 5.41) is 10.6. The zero-order valence-corrected chi connectivity index (χ0v) is 13.3. The van der Waals surface area contributed by atoms with Crippen LogP contribution in [0.1, 0.15) is 22.9 Å². The van der Waals surface area contributed by atoms with Gasteiger partial charge in [-0.25, -0.2) is 4.98 Å². The third-order valence-electron chi connectivity index (χ3n) is 4.01. The van der Waals surface area contributed by atoms with Crippen LogP contribution in [-0.2, 0) is 0 Å². The molecule has 3 nitrogen and oxygen atoms in total. The van der Waals surface area contributed by atoms with Gasteiger partial charge in [0.25, 0.3) is 0 Å². The summed E-state index contributed by atoms with van der Waals surface area (Å²) in [5.74, 6) is 0.859. The van der Waals surface area contributed by atoms with Crippen LogP contribution in [-0.4, -0.2) is 17.1 Å². The van der Waals surface area contributed by atoms with E-state index in [9.17, 15) is 5.11 Å². The first-order valence-electron chi connectivity index (χ1n) is 7.66. The highest BCUT2D eigenvalue weighted by atomic mass is 16.3. The number of hydrogen-bond donors (Lipinski definition) is 1. The third kappa shape index (κ3) is 3.25. The number of hydrogen-bond acceptors (Lipinski definition) is 3. The molecule has 23 heavy (non-hydrogen) atoms. The van der Waals surface area contributed by atoms with Crippen molar-refractivity contribution in [1.29, 1.82) is 0 Å². The molecule has 0 aliphatic heterocycles. The fourth-order valence-corrected chi connectivity index (χ4v) is 2.63. The molecule has 116 valence electrons. The fraction of sp³-hybridized carbons (Fsp3) is 0.150. The molecule has 0 saturated carbocycles. The molecule has 1 N–H and O–H groups in total. The second kappa shape index (κ2) is 6.63. The van der Waals surface area contributed by atoms with Crippen molar-refractivity contribution < 1.29 is 5.11 Å². The van der Waals surface area contributed by atoms with Crippen molar-refractivity contribution in [3.8, 4) is 0 Å². The van der Waals surface area contributed by atoms with Gasteiger partial charge in [-0.05, 0) is 30.7 Å². The topological polar surface area (TPSA) is 36.4 Å². The summed E-state index contributed by atoms with van der Waals surface area (Å²) in [6, 6.07) is 23.6. The van der Waals surface area contributed by atoms with Crippen molar-refractivity contribution in [2.24, 2.45) is 0 Å². The summed E-state index contributed by atoms with van der Waals surface area (Å²) in [4.78, 5) is 6.70. The molecule has 3 heteroatoms. The zero-order chi connectivity index (χ0) is 16.2. The molecule has 1 atom stereocenters. The van der Waals surface area contributed by atoms with Gasteiger partial charge >= 0.3 is 0 Å². The van der Waals surface area contributed by atoms with Gasteiger partial charge in [-0.1, -0.05) is 54.6 Å². The van der Waals surface area contributed by atoms with Crippen molar-refractivity contribution in [1.82, 2.24) is 4.98 Å². The van der Waals surface area contributed by atoms with E-state index in [1.54, 1.807) is 0 Å². The Kier molecular flexibility index (Phi) is 4.40. The molecule has 0 aliphatic carbocycles. The Hall–Kier alpha value is -2.65. The molecule has 3 aromatic rings. The molecule has 1 heterocycles. The van der Waals surface area contributed by atoms with Crippen LogP contribution in [0.25, 0.3) is 0 Å². The molecule has 1 aromatic heterocycles. The molecule has 2 aromatic carbocycles. The minimum atomic E-state index is -0.653. The van der Waals surface area contributed by atoms with Crippen molar-refractivity contribution in [2.45, 2.75) is 13.0 Å². The summed E-state index contributed by atoms with van der Waals surface area (Å²) < 4.78 is 0. The Labute approximate surface area is 136 Å². The molecule has 0 unspecified atom stereocenters. The van der Waals surface area contributed by atoms with Crippen LogP contribution in [0, 0.1) is 6.92 Å². The lowest BCUT2D eigenvalue weighted by atomic mass is 10.0. The fourth-order valence-electron chi connectivity index (χ4n) is 2.63. The van der Waals surface area contributed by atoms with Crippen LogP contribution in [0.4, 0.5) is 11.5 Å². The van der Waals surface area contributed by atoms with Crippen LogP contribution >= 0.6 is 0 Å². The monoisotopic (exact) mass is 304 g/mol. The van der Waals surface area contributed by atoms with Crippen LogP contribution in [0.3, 0.4) is 0 Å². The summed E-state index contributed by atoms with van der Waals surface area (Å²) >= 11 is 0. The summed E-state index contributed by atoms with van der Waals surface area (Å²) in [5.41, 5.74) is 3.63. The average molecular weight is 304 g/mol. The van der Waals surface area contributed by atoms with E-state index in [-0.39, 0.29) is 0 Å². The smallest absolute Gasteiger partial charge is 0.132 e. The van der Waals surface area contributed by atoms with E-state index in [0.29, 0.717) is 0 Å². The molecule has 0 spiro atoms. The largest absolute Gasteiger partial charge is 0.384 e. The van der Waals surface area contributed by atoms with Gasteiger partial charge in [-0.3, -0.25) is 0 Å². The Morgan fingerprint density at radius 2 is 1.48 bits per heavy atom. The SMILES string of the molecule is Cc1nc(N(C)c2ccccc2)ccc1[C@@H](O)c1ccccc1. The zero-order valence-electron chi connectivity index (χ0n) is 13.3. The highest BCUT2D eigenvalue weighted by Gasteiger charge is 2.15. The lowest BCUT2D eigenvalue weighted by molar-refractivity contribution is 0.219. The number of aliphatic hydroxyl groups is 1. The lowest BCUT2D eigenvalue weighted by Gasteiger charge is -2.21. The third-order valence-corrected chi connectivity index (χ3v) is 4.01. The molecule has 0 aliphatic rings. The highest BCUT2D eigenvalue weighted by molar-refractivity contribution is 5.59. The van der Waals surface area contributed by atoms with E-state index in [2.05, 4.69) is 4.98 Å². The molecular formula is C20H20N2O. The number of aromatic nitrogens is 1. The second-order valence-electron chi connectivity index (χ2n) is 5.55. The average Bonchev–Trinajstić information content (AvgIpc) is 2.62. The first kappa shape index (κ1) is 15.3. The quantitative estimate of drug-likeness (QED) is 0.783. The number of rotatable bonds is 4. The molecule has 0 fully saturated rings. The predicted molar refractivity (Wildman–Crippen MR) is 94.0 cm³/mol. The Bertz CT molecular complexity index is 772. The van der Waals surface area contributed by atoms with Crippen LogP contribution in [0.5, 0.6) is 0 Å². The Morgan fingerprint density at radius 3 is 2.09 bits per heavy atom. The highest BCUT2D eigenvalue weighted by Crippen LogP contribution is 2.27. The molecule has 0 bridgehead atoms. The number of nitrogens with zero attached hydrogens (tertiary/aromatic N) is 2. The standard InChI is InChI=1S/C20H20N2O/c1-15-18(20(23)16-9-5-3-6-10-16)13-14-19(21-15)22(2)17-11-7-4-8-12-17/h3-14,20,23H,1-2H3/t20-/m0/s1. The minimum absolute atomic E-state index is 0.653. The minimum Gasteiger partial charge on any atom is -0.384 e. The predicted octanol–water partition coefficient (Wildman–Crippen LogP) is 4.24. The number of anilines is 2. The van der Waals surface area contributed by atoms with Gasteiger partial charge in [-0.15, -0.1) is 0 Å². The van der Waals surface area contributed by atoms with E-state index in [0.717, 1.165) is 28.3 Å². The first-order valence-corrected chi connectivity index (χ1v) is 7.66. The second-order valence-corrected chi connectivity index (χ2v) is 5.55. The first-order chi connectivity index (χ1) is 11.2. The van der Waals surface area contributed by atoms with Crippen LogP contribution in [0.2, 0.25) is 0 Å². The van der Waals surface area contributed by atoms with Gasteiger partial charge < -0.3 is 10.0 Å². The summed E-state index contributed by atoms with van der Waals surface area (Å²) in [7, 11) is 1.99. The number of aliphatic hydroxyl groups excluding tert-OH is 1. The van der Waals surface area contributed by atoms with Gasteiger partial charge in [-0.2, -0.15) is 0 Å². The van der Waals surface area contributed by atoms with Crippen molar-refractivity contribution in [2.75, 3.05) is 11.9 Å². The number of para-hydroxylation sites is 1. The lowest BCUT2D eigenvalue weighted by Crippen LogP contribution is -2.13. The van der Waals surface area contributed by atoms with Crippen molar-refractivity contribution in [3.05, 3.63) is 89.6 Å². The number of aryl methyl sites for hydroxylation is 1. The number of pyridine rings is 1. The van der Waals surface area contributed by atoms with E-state index in [1.165, 1.54) is 0 Å². The Balaban J connectivity index is 1.89. The summed E-state index contributed by atoms with van der Waals surface area (Å²) in [6.45, 7) is 1.93. The number of benzene rings is 2.